The van der Waals surface area contributed by atoms with E-state index >= 15 is 0 Å². The minimum absolute atomic E-state index is 0.0401. The molecule has 0 radical (unpaired) electrons. The largest absolute Gasteiger partial charge is 0.494 e. The highest BCUT2D eigenvalue weighted by Crippen LogP contribution is 2.69. The lowest BCUT2D eigenvalue weighted by atomic mass is 9.65. The number of fused-ring (bicyclic) bond motifs is 1. The predicted octanol–water partition coefficient (Wildman–Crippen LogP) is 4.40. The van der Waals surface area contributed by atoms with Gasteiger partial charge in [0.2, 0.25) is 17.7 Å². The van der Waals surface area contributed by atoms with Crippen LogP contribution in [0.2, 0.25) is 0 Å². The third-order valence-corrected chi connectivity index (χ3v) is 11.0. The lowest BCUT2D eigenvalue weighted by Gasteiger charge is -2.40. The van der Waals surface area contributed by atoms with Gasteiger partial charge in [-0.3, -0.25) is 14.4 Å². The van der Waals surface area contributed by atoms with Crippen LogP contribution in [0.1, 0.15) is 58.6 Å². The van der Waals surface area contributed by atoms with Gasteiger partial charge in [-0.2, -0.15) is 0 Å². The Morgan fingerprint density at radius 2 is 1.83 bits per heavy atom. The summed E-state index contributed by atoms with van der Waals surface area (Å²) in [5.74, 6) is -1.14. The van der Waals surface area contributed by atoms with E-state index < -0.39 is 28.7 Å². The molecule has 9 heteroatoms. The van der Waals surface area contributed by atoms with Gasteiger partial charge in [0, 0.05) is 17.0 Å². The van der Waals surface area contributed by atoms with E-state index in [4.69, 9.17) is 4.74 Å². The summed E-state index contributed by atoms with van der Waals surface area (Å²) in [6.07, 6.45) is 2.49. The zero-order valence-electron chi connectivity index (χ0n) is 24.2. The van der Waals surface area contributed by atoms with Crippen molar-refractivity contribution in [3.8, 4) is 5.75 Å². The van der Waals surface area contributed by atoms with Crippen LogP contribution in [0.3, 0.4) is 0 Å². The number of aliphatic hydroxyl groups excluding tert-OH is 1. The molecule has 3 saturated heterocycles. The second-order valence-corrected chi connectivity index (χ2v) is 13.1. The van der Waals surface area contributed by atoms with Crippen LogP contribution in [0.4, 0.5) is 5.69 Å². The van der Waals surface area contributed by atoms with Crippen LogP contribution in [0, 0.1) is 17.8 Å². The maximum Gasteiger partial charge on any atom is 0.244 e. The molecule has 3 heterocycles. The van der Waals surface area contributed by atoms with Crippen molar-refractivity contribution in [2.75, 3.05) is 18.5 Å². The number of ether oxygens (including phenoxy) is 1. The first kappa shape index (κ1) is 29.5. The molecule has 0 aromatic heterocycles. The lowest BCUT2D eigenvalue weighted by molar-refractivity contribution is -0.142. The molecule has 0 aliphatic carbocycles. The molecule has 3 N–H and O–H groups in total. The number of nitrogens with zero attached hydrogens (tertiary/aromatic N) is 1. The number of thioether (sulfide) groups is 1. The normalized spacial score (nSPS) is 29.6. The number of amides is 3. The zero-order valence-corrected chi connectivity index (χ0v) is 25.0. The Hall–Kier alpha value is -3.04. The number of carbonyl (C=O) groups is 3. The summed E-state index contributed by atoms with van der Waals surface area (Å²) in [6.45, 7) is 8.30. The molecule has 3 aliphatic rings. The molecule has 1 spiro atoms. The summed E-state index contributed by atoms with van der Waals surface area (Å²) >= 11 is 1.64. The predicted molar refractivity (Wildman–Crippen MR) is 161 cm³/mol. The quantitative estimate of drug-likeness (QED) is 0.364. The summed E-state index contributed by atoms with van der Waals surface area (Å²) in [4.78, 5) is 44.2. The van der Waals surface area contributed by atoms with Gasteiger partial charge in [0.1, 0.15) is 11.8 Å². The average molecular weight is 580 g/mol. The number of aliphatic hydroxyl groups is 1. The van der Waals surface area contributed by atoms with E-state index in [9.17, 15) is 19.5 Å². The first-order chi connectivity index (χ1) is 19.8. The molecule has 41 heavy (non-hydrogen) atoms. The highest BCUT2D eigenvalue weighted by Gasteiger charge is 2.76. The molecule has 0 saturated carbocycles. The number of likely N-dealkylation sites (tertiary alicyclic amines) is 1. The molecule has 8 nitrogen and oxygen atoms in total. The van der Waals surface area contributed by atoms with E-state index in [-0.39, 0.29) is 41.5 Å². The molecule has 2 bridgehead atoms. The Kier molecular flexibility index (Phi) is 8.66. The average Bonchev–Trinajstić information content (AvgIpc) is 3.55. The number of benzene rings is 2. The number of hydrogen-bond acceptors (Lipinski definition) is 6. The highest BCUT2D eigenvalue weighted by atomic mass is 32.2. The second kappa shape index (κ2) is 12.1. The standard InChI is InChI=1S/C32H41N3O5S/c1-5-10-20(4)33-30(38)28-32-19(3)17-25(41-32)26(29(37)34-22-13-15-23(16-14-22)40-6-2)27(32)31(39)35(28)24(18-36)21-11-8-7-9-12-21/h7-9,11-16,19-20,24-28,36H,5-6,10,17-18H2,1-4H3,(H,33,38)(H,34,37)/t19?,20?,24-,25-,26+,27+,28?,32?/m1/s1. The molecule has 3 aliphatic heterocycles. The Labute approximate surface area is 246 Å². The maximum absolute atomic E-state index is 14.5. The van der Waals surface area contributed by atoms with Gasteiger partial charge in [0.25, 0.3) is 0 Å². The Morgan fingerprint density at radius 3 is 2.46 bits per heavy atom. The van der Waals surface area contributed by atoms with Crippen LogP contribution < -0.4 is 15.4 Å². The molecule has 5 rings (SSSR count). The summed E-state index contributed by atoms with van der Waals surface area (Å²) < 4.78 is 4.76. The van der Waals surface area contributed by atoms with Gasteiger partial charge >= 0.3 is 0 Å². The van der Waals surface area contributed by atoms with Crippen molar-refractivity contribution in [3.05, 3.63) is 60.2 Å². The zero-order chi connectivity index (χ0) is 29.3. The number of carbonyl (C=O) groups excluding carboxylic acids is 3. The van der Waals surface area contributed by atoms with Crippen molar-refractivity contribution in [2.45, 2.75) is 75.1 Å². The fourth-order valence-electron chi connectivity index (χ4n) is 7.28. The molecule has 3 fully saturated rings. The molecular weight excluding hydrogens is 538 g/mol. The smallest absolute Gasteiger partial charge is 0.244 e. The van der Waals surface area contributed by atoms with E-state index in [0.717, 1.165) is 30.6 Å². The summed E-state index contributed by atoms with van der Waals surface area (Å²) in [6, 6.07) is 15.0. The van der Waals surface area contributed by atoms with E-state index in [0.29, 0.717) is 12.3 Å². The van der Waals surface area contributed by atoms with Crippen molar-refractivity contribution in [1.82, 2.24) is 10.2 Å². The molecule has 220 valence electrons. The molecular formula is C32H41N3O5S. The van der Waals surface area contributed by atoms with E-state index in [1.54, 1.807) is 28.8 Å². The van der Waals surface area contributed by atoms with Gasteiger partial charge in [-0.25, -0.2) is 0 Å². The minimum Gasteiger partial charge on any atom is -0.494 e. The van der Waals surface area contributed by atoms with Crippen LogP contribution in [0.15, 0.2) is 54.6 Å². The van der Waals surface area contributed by atoms with Crippen LogP contribution in [-0.4, -0.2) is 63.0 Å². The maximum atomic E-state index is 14.5. The summed E-state index contributed by atoms with van der Waals surface area (Å²) in [7, 11) is 0. The second-order valence-electron chi connectivity index (χ2n) is 11.6. The van der Waals surface area contributed by atoms with Crippen molar-refractivity contribution < 1.29 is 24.2 Å². The minimum atomic E-state index is -0.801. The van der Waals surface area contributed by atoms with Crippen LogP contribution in [0.25, 0.3) is 0 Å². The first-order valence-corrected chi connectivity index (χ1v) is 15.6. The van der Waals surface area contributed by atoms with E-state index in [1.807, 2.05) is 56.3 Å². The van der Waals surface area contributed by atoms with Gasteiger partial charge in [0.15, 0.2) is 0 Å². The van der Waals surface area contributed by atoms with Crippen LogP contribution in [0.5, 0.6) is 5.75 Å². The fourth-order valence-corrected chi connectivity index (χ4v) is 9.69. The number of anilines is 1. The van der Waals surface area contributed by atoms with Crippen molar-refractivity contribution in [1.29, 1.82) is 0 Å². The monoisotopic (exact) mass is 579 g/mol. The van der Waals surface area contributed by atoms with Gasteiger partial charge in [-0.05, 0) is 62.4 Å². The summed E-state index contributed by atoms with van der Waals surface area (Å²) in [5.41, 5.74) is 1.40. The third kappa shape index (κ3) is 5.12. The number of nitrogens with one attached hydrogen (secondary N) is 2. The molecule has 2 aromatic rings. The Morgan fingerprint density at radius 1 is 1.12 bits per heavy atom. The van der Waals surface area contributed by atoms with E-state index in [2.05, 4.69) is 24.5 Å². The van der Waals surface area contributed by atoms with Gasteiger partial charge in [-0.15, -0.1) is 11.8 Å². The van der Waals surface area contributed by atoms with Gasteiger partial charge in [0.05, 0.1) is 35.8 Å². The summed E-state index contributed by atoms with van der Waals surface area (Å²) in [5, 5.41) is 16.8. The van der Waals surface area contributed by atoms with Crippen molar-refractivity contribution >= 4 is 35.2 Å². The third-order valence-electron chi connectivity index (χ3n) is 8.97. The number of hydrogen-bond donors (Lipinski definition) is 3. The lowest BCUT2D eigenvalue weighted by Crippen LogP contribution is -2.58. The number of rotatable bonds is 11. The Bertz CT molecular complexity index is 1260. The van der Waals surface area contributed by atoms with Gasteiger partial charge < -0.3 is 25.4 Å². The SMILES string of the molecule is CCCC(C)NC(=O)C1N([C@H](CO)c2ccccc2)C(=O)[C@@H]2[C@@H](C(=O)Nc3ccc(OCC)cc3)[C@H]3CC(C)C12S3. The molecule has 8 atom stereocenters. The van der Waals surface area contributed by atoms with E-state index in [1.165, 1.54) is 0 Å². The Balaban J connectivity index is 1.52. The molecule has 4 unspecified atom stereocenters. The van der Waals surface area contributed by atoms with Gasteiger partial charge in [-0.1, -0.05) is 50.6 Å². The van der Waals surface area contributed by atoms with Crippen LogP contribution in [-0.2, 0) is 14.4 Å². The highest BCUT2D eigenvalue weighted by molar-refractivity contribution is 8.02. The fraction of sp³-hybridized carbons (Fsp3) is 0.531. The van der Waals surface area contributed by atoms with Crippen molar-refractivity contribution in [2.24, 2.45) is 17.8 Å². The van der Waals surface area contributed by atoms with Crippen LogP contribution >= 0.6 is 11.8 Å². The topological polar surface area (TPSA) is 108 Å². The van der Waals surface area contributed by atoms with Crippen molar-refractivity contribution in [3.63, 3.8) is 0 Å². The first-order valence-electron chi connectivity index (χ1n) is 14.8. The molecule has 2 aromatic carbocycles. The molecule has 3 amide bonds.